The molecule has 11 heteroatoms. The summed E-state index contributed by atoms with van der Waals surface area (Å²) in [6.07, 6.45) is 4.34. The van der Waals surface area contributed by atoms with Crippen LogP contribution < -0.4 is 15.5 Å². The highest BCUT2D eigenvalue weighted by molar-refractivity contribution is 7.99. The number of rotatable bonds is 8. The lowest BCUT2D eigenvalue weighted by Gasteiger charge is -2.26. The lowest BCUT2D eigenvalue weighted by molar-refractivity contribution is -0.120. The van der Waals surface area contributed by atoms with Crippen molar-refractivity contribution in [3.63, 3.8) is 0 Å². The Morgan fingerprint density at radius 3 is 2.76 bits per heavy atom. The van der Waals surface area contributed by atoms with E-state index in [1.165, 1.54) is 23.1 Å². The van der Waals surface area contributed by atoms with E-state index in [1.807, 2.05) is 36.1 Å². The highest BCUT2D eigenvalue weighted by Crippen LogP contribution is 2.32. The molecule has 1 aromatic carbocycles. The summed E-state index contributed by atoms with van der Waals surface area (Å²) in [5.74, 6) is 1.37. The van der Waals surface area contributed by atoms with E-state index < -0.39 is 0 Å². The molecule has 0 spiro atoms. The number of anilines is 3. The van der Waals surface area contributed by atoms with Gasteiger partial charge in [-0.15, -0.1) is 11.3 Å². The largest absolute Gasteiger partial charge is 0.353 e. The van der Waals surface area contributed by atoms with Gasteiger partial charge in [0.25, 0.3) is 0 Å². The average molecular weight is 482 g/mol. The number of hydrogen-bond acceptors (Lipinski definition) is 10. The first kappa shape index (κ1) is 21.8. The molecule has 1 saturated carbocycles. The molecule has 9 nitrogen and oxygen atoms in total. The first-order valence-corrected chi connectivity index (χ1v) is 12.4. The fourth-order valence-electron chi connectivity index (χ4n) is 3.44. The van der Waals surface area contributed by atoms with E-state index in [-0.39, 0.29) is 18.4 Å². The van der Waals surface area contributed by atoms with Crippen LogP contribution >= 0.6 is 23.1 Å². The quantitative estimate of drug-likeness (QED) is 0.501. The molecular formula is C22H23N7O2S2. The fourth-order valence-corrected chi connectivity index (χ4v) is 4.84. The second-order valence-corrected chi connectivity index (χ2v) is 10.4. The van der Waals surface area contributed by atoms with Gasteiger partial charge < -0.3 is 10.2 Å². The number of hydrogen-bond donors (Lipinski definition) is 2. The lowest BCUT2D eigenvalue weighted by atomic mass is 10.1. The van der Waals surface area contributed by atoms with Crippen molar-refractivity contribution in [3.8, 4) is 0 Å². The van der Waals surface area contributed by atoms with Gasteiger partial charge >= 0.3 is 0 Å². The monoisotopic (exact) mass is 481 g/mol. The molecule has 1 saturated heterocycles. The number of benzene rings is 1. The van der Waals surface area contributed by atoms with Gasteiger partial charge in [0.15, 0.2) is 10.3 Å². The Kier molecular flexibility index (Phi) is 6.23. The van der Waals surface area contributed by atoms with E-state index in [1.54, 1.807) is 6.20 Å². The zero-order valence-electron chi connectivity index (χ0n) is 18.1. The summed E-state index contributed by atoms with van der Waals surface area (Å²) in [7, 11) is 0. The smallest absolute Gasteiger partial charge is 0.239 e. The fraction of sp³-hybridized carbons (Fsp3) is 0.364. The Morgan fingerprint density at radius 1 is 1.24 bits per heavy atom. The highest BCUT2D eigenvalue weighted by Gasteiger charge is 2.29. The predicted molar refractivity (Wildman–Crippen MR) is 127 cm³/mol. The number of amides is 1. The minimum absolute atomic E-state index is 0.0581. The van der Waals surface area contributed by atoms with Gasteiger partial charge in [0, 0.05) is 41.4 Å². The molecule has 1 amide bonds. The van der Waals surface area contributed by atoms with Crippen LogP contribution in [0.15, 0.2) is 40.5 Å². The van der Waals surface area contributed by atoms with Crippen LogP contribution in [-0.2, 0) is 16.0 Å². The molecule has 0 bridgehead atoms. The Labute approximate surface area is 199 Å². The lowest BCUT2D eigenvalue weighted by Crippen LogP contribution is -2.48. The maximum Gasteiger partial charge on any atom is 0.239 e. The van der Waals surface area contributed by atoms with Gasteiger partial charge in [0.05, 0.1) is 6.54 Å². The molecule has 33 heavy (non-hydrogen) atoms. The summed E-state index contributed by atoms with van der Waals surface area (Å²) < 4.78 is 0. The van der Waals surface area contributed by atoms with Crippen molar-refractivity contribution in [1.82, 2.24) is 25.3 Å². The van der Waals surface area contributed by atoms with Crippen molar-refractivity contribution >= 4 is 51.8 Å². The number of carbonyl (C=O) groups excluding carboxylic acids is 2. The minimum Gasteiger partial charge on any atom is -0.353 e. The van der Waals surface area contributed by atoms with Gasteiger partial charge in [0.2, 0.25) is 17.8 Å². The molecule has 1 aliphatic heterocycles. The maximum absolute atomic E-state index is 12.1. The highest BCUT2D eigenvalue weighted by atomic mass is 32.2. The zero-order valence-corrected chi connectivity index (χ0v) is 19.7. The van der Waals surface area contributed by atoms with Crippen LogP contribution in [0, 0.1) is 12.8 Å². The third-order valence-corrected chi connectivity index (χ3v) is 7.01. The Morgan fingerprint density at radius 2 is 2.06 bits per heavy atom. The Hall–Kier alpha value is -3.05. The summed E-state index contributed by atoms with van der Waals surface area (Å²) in [5.41, 5.74) is 1.02. The third-order valence-electron chi connectivity index (χ3n) is 5.31. The number of carbonyl (C=O) groups is 2. The van der Waals surface area contributed by atoms with Gasteiger partial charge in [-0.2, -0.15) is 15.0 Å². The van der Waals surface area contributed by atoms with Crippen LogP contribution in [0.4, 0.5) is 17.0 Å². The topological polar surface area (TPSA) is 113 Å². The molecule has 2 fully saturated rings. The normalized spacial score (nSPS) is 15.9. The number of aryl methyl sites for hydroxylation is 1. The van der Waals surface area contributed by atoms with Crippen molar-refractivity contribution in [3.05, 3.63) is 40.9 Å². The van der Waals surface area contributed by atoms with Gasteiger partial charge in [-0.25, -0.2) is 4.98 Å². The van der Waals surface area contributed by atoms with E-state index in [0.717, 1.165) is 28.2 Å². The first-order chi connectivity index (χ1) is 16.0. The number of nitrogens with one attached hydrogen (secondary N) is 2. The third kappa shape index (κ3) is 5.66. The molecule has 2 N–H and O–H groups in total. The minimum atomic E-state index is -0.0581. The zero-order chi connectivity index (χ0) is 22.8. The Balaban J connectivity index is 1.36. The summed E-state index contributed by atoms with van der Waals surface area (Å²) in [4.78, 5) is 45.9. The molecule has 1 aliphatic carbocycles. The summed E-state index contributed by atoms with van der Waals surface area (Å²) >= 11 is 2.92. The van der Waals surface area contributed by atoms with Crippen LogP contribution in [0.5, 0.6) is 0 Å². The summed E-state index contributed by atoms with van der Waals surface area (Å²) in [6.45, 7) is 3.35. The van der Waals surface area contributed by atoms with E-state index in [2.05, 4.69) is 30.6 Å². The number of thiazole rings is 1. The van der Waals surface area contributed by atoms with E-state index >= 15 is 0 Å². The van der Waals surface area contributed by atoms with Crippen LogP contribution in [0.25, 0.3) is 0 Å². The maximum atomic E-state index is 12.1. The number of ketones is 1. The van der Waals surface area contributed by atoms with Crippen molar-refractivity contribution in [2.75, 3.05) is 29.9 Å². The van der Waals surface area contributed by atoms with Crippen LogP contribution in [0.3, 0.4) is 0 Å². The van der Waals surface area contributed by atoms with Gasteiger partial charge in [-0.3, -0.25) is 14.9 Å². The van der Waals surface area contributed by atoms with Crippen molar-refractivity contribution in [2.24, 2.45) is 5.92 Å². The van der Waals surface area contributed by atoms with Gasteiger partial charge in [0.1, 0.15) is 5.78 Å². The molecule has 5 rings (SSSR count). The summed E-state index contributed by atoms with van der Waals surface area (Å²) in [6, 6.07) is 7.93. The molecule has 2 aliphatic rings. The molecule has 0 radical (unpaired) electrons. The first-order valence-electron chi connectivity index (χ1n) is 10.8. The van der Waals surface area contributed by atoms with Gasteiger partial charge in [-0.05, 0) is 49.2 Å². The average Bonchev–Trinajstić information content (AvgIpc) is 3.58. The molecule has 3 aromatic rings. The van der Waals surface area contributed by atoms with E-state index in [0.29, 0.717) is 47.5 Å². The predicted octanol–water partition coefficient (Wildman–Crippen LogP) is 2.99. The van der Waals surface area contributed by atoms with Gasteiger partial charge in [-0.1, -0.05) is 12.1 Å². The van der Waals surface area contributed by atoms with Crippen molar-refractivity contribution < 1.29 is 9.59 Å². The second-order valence-electron chi connectivity index (χ2n) is 8.08. The number of aromatic nitrogens is 4. The van der Waals surface area contributed by atoms with Crippen molar-refractivity contribution in [2.45, 2.75) is 36.2 Å². The number of piperazine rings is 1. The van der Waals surface area contributed by atoms with Crippen molar-refractivity contribution in [1.29, 1.82) is 0 Å². The summed E-state index contributed by atoms with van der Waals surface area (Å²) in [5, 5.41) is 7.19. The van der Waals surface area contributed by atoms with E-state index in [9.17, 15) is 9.59 Å². The Bertz CT molecular complexity index is 1180. The number of Topliss-reactive ketones (excluding diaryl/α,β-unsaturated/α-hetero) is 1. The molecule has 2 aromatic heterocycles. The molecule has 3 heterocycles. The molecular weight excluding hydrogens is 458 g/mol. The van der Waals surface area contributed by atoms with Crippen LogP contribution in [-0.4, -0.2) is 51.3 Å². The van der Waals surface area contributed by atoms with Crippen LogP contribution in [0.1, 0.15) is 23.3 Å². The van der Waals surface area contributed by atoms with Crippen LogP contribution in [0.2, 0.25) is 0 Å². The number of nitrogens with zero attached hydrogens (tertiary/aromatic N) is 5. The molecule has 170 valence electrons. The molecule has 0 atom stereocenters. The van der Waals surface area contributed by atoms with E-state index in [4.69, 9.17) is 0 Å². The molecule has 0 unspecified atom stereocenters. The second kappa shape index (κ2) is 9.44. The SMILES string of the molecule is Cc1cnc(Nc2nc(Sc3ccc(CC(=O)C4CC4)cc3)nc(N3CCNC(=O)C3)n2)s1. The standard InChI is InChI=1S/C22H23N7O2S2/c1-13-11-24-21(32-13)26-19-25-20(29-9-8-23-18(31)12-29)28-22(27-19)33-16-6-2-14(3-7-16)10-17(30)15-4-5-15/h2-3,6-7,11,15H,4-5,8-10,12H2,1H3,(H,23,31)(H,24,25,26,27,28).